The number of alkyl halides is 2. The van der Waals surface area contributed by atoms with E-state index >= 15 is 0 Å². The third-order valence-electron chi connectivity index (χ3n) is 1.43. The molecule has 0 N–H and O–H groups in total. The van der Waals surface area contributed by atoms with Crippen molar-refractivity contribution >= 4 is 0 Å². The SMILES string of the molecule is Cc1c(F)cccc1OC(F)F. The van der Waals surface area contributed by atoms with Gasteiger partial charge in [0.05, 0.1) is 0 Å². The van der Waals surface area contributed by atoms with Gasteiger partial charge < -0.3 is 4.74 Å². The predicted molar refractivity (Wildman–Crippen MR) is 37.8 cm³/mol. The van der Waals surface area contributed by atoms with Gasteiger partial charge in [0.1, 0.15) is 11.6 Å². The molecule has 0 atom stereocenters. The minimum atomic E-state index is -2.91. The molecular weight excluding hydrogens is 169 g/mol. The van der Waals surface area contributed by atoms with E-state index in [4.69, 9.17) is 0 Å². The summed E-state index contributed by atoms with van der Waals surface area (Å²) in [5, 5.41) is 0. The van der Waals surface area contributed by atoms with E-state index in [-0.39, 0.29) is 11.3 Å². The van der Waals surface area contributed by atoms with E-state index in [1.807, 2.05) is 0 Å². The van der Waals surface area contributed by atoms with Gasteiger partial charge in [-0.3, -0.25) is 0 Å². The smallest absolute Gasteiger partial charge is 0.387 e. The molecule has 0 aliphatic carbocycles. The van der Waals surface area contributed by atoms with Crippen LogP contribution in [0.3, 0.4) is 0 Å². The molecule has 12 heavy (non-hydrogen) atoms. The van der Waals surface area contributed by atoms with Crippen LogP contribution in [0.2, 0.25) is 0 Å². The molecule has 66 valence electrons. The van der Waals surface area contributed by atoms with Crippen molar-refractivity contribution in [3.05, 3.63) is 29.6 Å². The molecule has 0 heterocycles. The molecule has 0 saturated heterocycles. The maximum atomic E-state index is 12.7. The Morgan fingerprint density at radius 2 is 2.00 bits per heavy atom. The van der Waals surface area contributed by atoms with Crippen LogP contribution in [0.25, 0.3) is 0 Å². The van der Waals surface area contributed by atoms with E-state index in [9.17, 15) is 13.2 Å². The number of benzene rings is 1. The molecule has 1 nitrogen and oxygen atoms in total. The number of rotatable bonds is 2. The second kappa shape index (κ2) is 3.47. The second-order valence-electron chi connectivity index (χ2n) is 2.24. The second-order valence-corrected chi connectivity index (χ2v) is 2.24. The number of hydrogen-bond donors (Lipinski definition) is 0. The van der Waals surface area contributed by atoms with Gasteiger partial charge in [-0.15, -0.1) is 0 Å². The molecule has 1 rings (SSSR count). The largest absolute Gasteiger partial charge is 0.434 e. The van der Waals surface area contributed by atoms with Crippen molar-refractivity contribution in [3.8, 4) is 5.75 Å². The van der Waals surface area contributed by atoms with Crippen LogP contribution >= 0.6 is 0 Å². The van der Waals surface area contributed by atoms with Gasteiger partial charge in [-0.25, -0.2) is 4.39 Å². The Balaban J connectivity index is 2.92. The average molecular weight is 176 g/mol. The van der Waals surface area contributed by atoms with E-state index < -0.39 is 12.4 Å². The number of hydrogen-bond acceptors (Lipinski definition) is 1. The van der Waals surface area contributed by atoms with Crippen molar-refractivity contribution < 1.29 is 17.9 Å². The first-order chi connectivity index (χ1) is 5.61. The normalized spacial score (nSPS) is 10.4. The summed E-state index contributed by atoms with van der Waals surface area (Å²) in [5.74, 6) is -0.668. The third kappa shape index (κ3) is 1.90. The van der Waals surface area contributed by atoms with E-state index in [1.165, 1.54) is 25.1 Å². The van der Waals surface area contributed by atoms with Gasteiger partial charge in [-0.05, 0) is 19.1 Å². The molecule has 0 fully saturated rings. The highest BCUT2D eigenvalue weighted by molar-refractivity contribution is 5.33. The van der Waals surface area contributed by atoms with Crippen LogP contribution in [0.4, 0.5) is 13.2 Å². The van der Waals surface area contributed by atoms with Crippen LogP contribution in [-0.2, 0) is 0 Å². The van der Waals surface area contributed by atoms with Crippen LogP contribution in [0.5, 0.6) is 5.75 Å². The lowest BCUT2D eigenvalue weighted by Gasteiger charge is -2.07. The Bertz CT molecular complexity index is 273. The van der Waals surface area contributed by atoms with Crippen molar-refractivity contribution in [2.45, 2.75) is 13.5 Å². The molecule has 0 spiro atoms. The number of ether oxygens (including phenoxy) is 1. The van der Waals surface area contributed by atoms with Crippen LogP contribution in [0.1, 0.15) is 5.56 Å². The molecule has 0 unspecified atom stereocenters. The average Bonchev–Trinajstić information content (AvgIpc) is 1.98. The van der Waals surface area contributed by atoms with Crippen LogP contribution in [0.15, 0.2) is 18.2 Å². The molecule has 0 radical (unpaired) electrons. The summed E-state index contributed by atoms with van der Waals surface area (Å²) in [7, 11) is 0. The highest BCUT2D eigenvalue weighted by Crippen LogP contribution is 2.21. The zero-order chi connectivity index (χ0) is 9.14. The maximum Gasteiger partial charge on any atom is 0.387 e. The maximum absolute atomic E-state index is 12.7. The highest BCUT2D eigenvalue weighted by atomic mass is 19.3. The van der Waals surface area contributed by atoms with E-state index in [2.05, 4.69) is 4.74 Å². The Morgan fingerprint density at radius 3 is 2.58 bits per heavy atom. The fraction of sp³-hybridized carbons (Fsp3) is 0.250. The molecule has 1 aromatic carbocycles. The van der Waals surface area contributed by atoms with Crippen molar-refractivity contribution in [1.82, 2.24) is 0 Å². The first-order valence-electron chi connectivity index (χ1n) is 3.31. The summed E-state index contributed by atoms with van der Waals surface area (Å²) < 4.78 is 40.1. The van der Waals surface area contributed by atoms with Crippen molar-refractivity contribution in [2.24, 2.45) is 0 Å². The minimum absolute atomic E-state index is 0.0952. The lowest BCUT2D eigenvalue weighted by atomic mass is 10.2. The Hall–Kier alpha value is -1.19. The van der Waals surface area contributed by atoms with Crippen molar-refractivity contribution in [1.29, 1.82) is 0 Å². The molecular formula is C8H7F3O. The first kappa shape index (κ1) is 8.90. The fourth-order valence-electron chi connectivity index (χ4n) is 0.811. The summed E-state index contributed by atoms with van der Waals surface area (Å²) in [4.78, 5) is 0. The topological polar surface area (TPSA) is 9.23 Å². The summed E-state index contributed by atoms with van der Waals surface area (Å²) in [6, 6.07) is 3.80. The third-order valence-corrected chi connectivity index (χ3v) is 1.43. The summed E-state index contributed by atoms with van der Waals surface area (Å²) in [6.45, 7) is -1.53. The van der Waals surface area contributed by atoms with Gasteiger partial charge in [0.25, 0.3) is 0 Å². The van der Waals surface area contributed by atoms with Gasteiger partial charge in [0, 0.05) is 5.56 Å². The highest BCUT2D eigenvalue weighted by Gasteiger charge is 2.08. The Labute approximate surface area is 67.8 Å². The van der Waals surface area contributed by atoms with Crippen LogP contribution in [-0.4, -0.2) is 6.61 Å². The van der Waals surface area contributed by atoms with Gasteiger partial charge in [-0.1, -0.05) is 6.07 Å². The monoisotopic (exact) mass is 176 g/mol. The molecule has 0 aromatic heterocycles. The van der Waals surface area contributed by atoms with E-state index in [0.717, 1.165) is 0 Å². The molecule has 4 heteroatoms. The minimum Gasteiger partial charge on any atom is -0.434 e. The molecule has 0 aliphatic heterocycles. The van der Waals surface area contributed by atoms with Crippen LogP contribution in [0, 0.1) is 12.7 Å². The lowest BCUT2D eigenvalue weighted by Crippen LogP contribution is -2.03. The first-order valence-corrected chi connectivity index (χ1v) is 3.31. The zero-order valence-corrected chi connectivity index (χ0v) is 6.35. The van der Waals surface area contributed by atoms with Crippen LogP contribution < -0.4 is 4.74 Å². The lowest BCUT2D eigenvalue weighted by molar-refractivity contribution is -0.0504. The van der Waals surface area contributed by atoms with Gasteiger partial charge in [0.2, 0.25) is 0 Å². The Morgan fingerprint density at radius 1 is 1.33 bits per heavy atom. The van der Waals surface area contributed by atoms with Crippen molar-refractivity contribution in [2.75, 3.05) is 0 Å². The van der Waals surface area contributed by atoms with E-state index in [0.29, 0.717) is 0 Å². The van der Waals surface area contributed by atoms with E-state index in [1.54, 1.807) is 0 Å². The molecule has 0 aliphatic rings. The molecule has 0 saturated carbocycles. The van der Waals surface area contributed by atoms with Crippen molar-refractivity contribution in [3.63, 3.8) is 0 Å². The number of halogens is 3. The molecule has 0 amide bonds. The Kier molecular flexibility index (Phi) is 2.58. The standard InChI is InChI=1S/C8H7F3O/c1-5-6(9)3-2-4-7(5)12-8(10)11/h2-4,8H,1H3. The summed E-state index contributed by atoms with van der Waals surface area (Å²) in [5.41, 5.74) is 0.0952. The summed E-state index contributed by atoms with van der Waals surface area (Å²) in [6.07, 6.45) is 0. The summed E-state index contributed by atoms with van der Waals surface area (Å²) >= 11 is 0. The van der Waals surface area contributed by atoms with Gasteiger partial charge in [0.15, 0.2) is 0 Å². The molecule has 0 bridgehead atoms. The molecule has 1 aromatic rings. The fourth-order valence-corrected chi connectivity index (χ4v) is 0.811. The van der Waals surface area contributed by atoms with Gasteiger partial charge in [-0.2, -0.15) is 8.78 Å². The van der Waals surface area contributed by atoms with Gasteiger partial charge >= 0.3 is 6.61 Å². The zero-order valence-electron chi connectivity index (χ0n) is 6.35. The predicted octanol–water partition coefficient (Wildman–Crippen LogP) is 2.74. The quantitative estimate of drug-likeness (QED) is 0.673.